The molecule has 1 aromatic rings. The maximum atomic E-state index is 11.3. The van der Waals surface area contributed by atoms with Crippen LogP contribution in [0.3, 0.4) is 0 Å². The van der Waals surface area contributed by atoms with Gasteiger partial charge in [-0.2, -0.15) is 0 Å². The van der Waals surface area contributed by atoms with Crippen molar-refractivity contribution in [3.63, 3.8) is 0 Å². The molecule has 0 unspecified atom stereocenters. The van der Waals surface area contributed by atoms with Crippen molar-refractivity contribution >= 4 is 5.97 Å². The van der Waals surface area contributed by atoms with Gasteiger partial charge in [-0.1, -0.05) is 31.9 Å². The van der Waals surface area contributed by atoms with Gasteiger partial charge in [0.25, 0.3) is 0 Å². The largest absolute Gasteiger partial charge is 0.507 e. The fraction of sp³-hybridized carbons (Fsp3) is 0.462. The second kappa shape index (κ2) is 6.16. The lowest BCUT2D eigenvalue weighted by Crippen LogP contribution is -2.02. The minimum Gasteiger partial charge on any atom is -0.507 e. The van der Waals surface area contributed by atoms with Gasteiger partial charge >= 0.3 is 5.97 Å². The van der Waals surface area contributed by atoms with Crippen LogP contribution in [0.1, 0.15) is 42.1 Å². The molecule has 0 heterocycles. The molecule has 0 aliphatic heterocycles. The van der Waals surface area contributed by atoms with E-state index in [0.29, 0.717) is 0 Å². The predicted octanol–water partition coefficient (Wildman–Crippen LogP) is 2.91. The number of hydrogen-bond donors (Lipinski definition) is 1. The van der Waals surface area contributed by atoms with E-state index in [9.17, 15) is 9.90 Å². The second-order valence-corrected chi connectivity index (χ2v) is 3.76. The van der Waals surface area contributed by atoms with Crippen molar-refractivity contribution in [2.45, 2.75) is 32.6 Å². The second-order valence-electron chi connectivity index (χ2n) is 3.76. The first-order chi connectivity index (χ1) is 7.70. The average molecular weight is 222 g/mol. The van der Waals surface area contributed by atoms with Crippen molar-refractivity contribution in [3.8, 4) is 5.75 Å². The lowest BCUT2D eigenvalue weighted by atomic mass is 10.0. The lowest BCUT2D eigenvalue weighted by molar-refractivity contribution is 0.0597. The van der Waals surface area contributed by atoms with Crippen LogP contribution in [0.2, 0.25) is 0 Å². The van der Waals surface area contributed by atoms with Crippen LogP contribution >= 0.6 is 0 Å². The summed E-state index contributed by atoms with van der Waals surface area (Å²) in [6.07, 6.45) is 4.08. The summed E-state index contributed by atoms with van der Waals surface area (Å²) < 4.78 is 4.60. The molecule has 88 valence electrons. The number of carbonyl (C=O) groups is 1. The third-order valence-corrected chi connectivity index (χ3v) is 2.57. The summed E-state index contributed by atoms with van der Waals surface area (Å²) in [6.45, 7) is 2.13. The molecular weight excluding hydrogens is 204 g/mol. The van der Waals surface area contributed by atoms with Gasteiger partial charge < -0.3 is 9.84 Å². The Hall–Kier alpha value is -1.51. The number of rotatable bonds is 5. The number of aromatic hydroxyl groups is 1. The monoisotopic (exact) mass is 222 g/mol. The minimum absolute atomic E-state index is 0.0606. The zero-order valence-corrected chi connectivity index (χ0v) is 9.82. The Morgan fingerprint density at radius 2 is 2.12 bits per heavy atom. The number of unbranched alkanes of at least 4 members (excludes halogenated alkanes) is 2. The smallest absolute Gasteiger partial charge is 0.341 e. The van der Waals surface area contributed by atoms with E-state index in [1.807, 2.05) is 6.07 Å². The number of para-hydroxylation sites is 1. The standard InChI is InChI=1S/C13H18O3/c1-3-4-5-7-10-8-6-9-11(12(10)14)13(15)16-2/h6,8-9,14H,3-5,7H2,1-2H3. The van der Waals surface area contributed by atoms with Crippen LogP contribution in [0.15, 0.2) is 18.2 Å². The molecule has 0 bridgehead atoms. The zero-order valence-electron chi connectivity index (χ0n) is 9.82. The van der Waals surface area contributed by atoms with Crippen LogP contribution in [-0.2, 0) is 11.2 Å². The Bertz CT molecular complexity index is 358. The van der Waals surface area contributed by atoms with Crippen LogP contribution in [0.5, 0.6) is 5.75 Å². The molecule has 0 aliphatic rings. The number of benzene rings is 1. The van der Waals surface area contributed by atoms with E-state index < -0.39 is 5.97 Å². The van der Waals surface area contributed by atoms with Gasteiger partial charge in [-0.25, -0.2) is 4.79 Å². The van der Waals surface area contributed by atoms with Crippen LogP contribution in [0, 0.1) is 0 Å². The predicted molar refractivity (Wildman–Crippen MR) is 62.7 cm³/mol. The Morgan fingerprint density at radius 3 is 2.75 bits per heavy atom. The number of methoxy groups -OCH3 is 1. The number of esters is 1. The number of carbonyl (C=O) groups excluding carboxylic acids is 1. The average Bonchev–Trinajstić information content (AvgIpc) is 2.30. The molecule has 0 saturated heterocycles. The Balaban J connectivity index is 2.82. The first-order valence-electron chi connectivity index (χ1n) is 5.59. The van der Waals surface area contributed by atoms with E-state index in [-0.39, 0.29) is 11.3 Å². The molecule has 0 aromatic heterocycles. The molecule has 0 saturated carbocycles. The van der Waals surface area contributed by atoms with E-state index in [4.69, 9.17) is 0 Å². The zero-order chi connectivity index (χ0) is 12.0. The van der Waals surface area contributed by atoms with Crippen molar-refractivity contribution in [2.75, 3.05) is 7.11 Å². The lowest BCUT2D eigenvalue weighted by Gasteiger charge is -2.07. The molecule has 0 amide bonds. The van der Waals surface area contributed by atoms with Gasteiger partial charge in [0.05, 0.1) is 7.11 Å². The molecule has 0 fully saturated rings. The summed E-state index contributed by atoms with van der Waals surface area (Å²) in [5.74, 6) is -0.430. The highest BCUT2D eigenvalue weighted by atomic mass is 16.5. The van der Waals surface area contributed by atoms with Crippen LogP contribution in [-0.4, -0.2) is 18.2 Å². The van der Waals surface area contributed by atoms with E-state index in [1.54, 1.807) is 12.1 Å². The summed E-state index contributed by atoms with van der Waals surface area (Å²) in [4.78, 5) is 11.3. The molecule has 0 spiro atoms. The minimum atomic E-state index is -0.491. The maximum Gasteiger partial charge on any atom is 0.341 e. The summed E-state index contributed by atoms with van der Waals surface area (Å²) in [5, 5.41) is 9.89. The van der Waals surface area contributed by atoms with E-state index >= 15 is 0 Å². The maximum absolute atomic E-state index is 11.3. The molecule has 1 N–H and O–H groups in total. The van der Waals surface area contributed by atoms with Crippen LogP contribution in [0.4, 0.5) is 0 Å². The highest BCUT2D eigenvalue weighted by Gasteiger charge is 2.13. The Labute approximate surface area is 96.1 Å². The van der Waals surface area contributed by atoms with Gasteiger partial charge in [-0.05, 0) is 24.5 Å². The Morgan fingerprint density at radius 1 is 1.38 bits per heavy atom. The Kier molecular flexibility index (Phi) is 4.83. The molecule has 16 heavy (non-hydrogen) atoms. The van der Waals surface area contributed by atoms with E-state index in [0.717, 1.165) is 31.2 Å². The number of aryl methyl sites for hydroxylation is 1. The summed E-state index contributed by atoms with van der Waals surface area (Å²) in [6, 6.07) is 5.19. The highest BCUT2D eigenvalue weighted by molar-refractivity contribution is 5.92. The SMILES string of the molecule is CCCCCc1cccc(C(=O)OC)c1O. The fourth-order valence-electron chi connectivity index (χ4n) is 1.63. The molecule has 3 nitrogen and oxygen atoms in total. The van der Waals surface area contributed by atoms with Crippen molar-refractivity contribution in [2.24, 2.45) is 0 Å². The summed E-state index contributed by atoms with van der Waals surface area (Å²) in [5.41, 5.74) is 1.06. The molecule has 1 rings (SSSR count). The number of ether oxygens (including phenoxy) is 1. The quantitative estimate of drug-likeness (QED) is 0.615. The van der Waals surface area contributed by atoms with Gasteiger partial charge in [0.1, 0.15) is 11.3 Å². The third-order valence-electron chi connectivity index (χ3n) is 2.57. The topological polar surface area (TPSA) is 46.5 Å². The van der Waals surface area contributed by atoms with E-state index in [2.05, 4.69) is 11.7 Å². The molecular formula is C13H18O3. The third kappa shape index (κ3) is 2.99. The molecule has 0 radical (unpaired) electrons. The van der Waals surface area contributed by atoms with Gasteiger partial charge in [0.2, 0.25) is 0 Å². The van der Waals surface area contributed by atoms with Gasteiger partial charge in [0.15, 0.2) is 0 Å². The van der Waals surface area contributed by atoms with Crippen LogP contribution < -0.4 is 0 Å². The number of phenols is 1. The van der Waals surface area contributed by atoms with Gasteiger partial charge in [0, 0.05) is 0 Å². The molecule has 0 atom stereocenters. The number of phenolic OH excluding ortho intramolecular Hbond substituents is 1. The van der Waals surface area contributed by atoms with E-state index in [1.165, 1.54) is 7.11 Å². The molecule has 3 heteroatoms. The molecule has 1 aromatic carbocycles. The van der Waals surface area contributed by atoms with Crippen molar-refractivity contribution in [1.82, 2.24) is 0 Å². The first-order valence-corrected chi connectivity index (χ1v) is 5.59. The fourth-order valence-corrected chi connectivity index (χ4v) is 1.63. The van der Waals surface area contributed by atoms with Crippen LogP contribution in [0.25, 0.3) is 0 Å². The normalized spacial score (nSPS) is 10.1. The highest BCUT2D eigenvalue weighted by Crippen LogP contribution is 2.24. The summed E-state index contributed by atoms with van der Waals surface area (Å²) in [7, 11) is 1.31. The molecule has 0 aliphatic carbocycles. The van der Waals surface area contributed by atoms with Crippen molar-refractivity contribution in [3.05, 3.63) is 29.3 Å². The first kappa shape index (κ1) is 12.6. The van der Waals surface area contributed by atoms with Crippen molar-refractivity contribution < 1.29 is 14.6 Å². The van der Waals surface area contributed by atoms with Gasteiger partial charge in [-0.15, -0.1) is 0 Å². The number of hydrogen-bond acceptors (Lipinski definition) is 3. The summed E-state index contributed by atoms with van der Waals surface area (Å²) >= 11 is 0. The van der Waals surface area contributed by atoms with Crippen molar-refractivity contribution in [1.29, 1.82) is 0 Å². The van der Waals surface area contributed by atoms with Gasteiger partial charge in [-0.3, -0.25) is 0 Å².